The Bertz CT molecular complexity index is 179. The zero-order valence-electron chi connectivity index (χ0n) is 10.4. The highest BCUT2D eigenvalue weighted by Gasteiger charge is 2.18. The lowest BCUT2D eigenvalue weighted by atomic mass is 9.83. The molecule has 0 heterocycles. The Kier molecular flexibility index (Phi) is 5.17. The Hall–Kier alpha value is -0.530. The Morgan fingerprint density at radius 2 is 1.79 bits per heavy atom. The van der Waals surface area contributed by atoms with Crippen LogP contribution in [0.5, 0.6) is 0 Å². The first kappa shape index (κ1) is 13.5. The smallest absolute Gasteiger partial charge is 0.302 e. The minimum atomic E-state index is -0.180. The van der Waals surface area contributed by atoms with Crippen molar-refractivity contribution in [3.05, 3.63) is 0 Å². The van der Waals surface area contributed by atoms with Crippen molar-refractivity contribution in [2.75, 3.05) is 0 Å². The van der Waals surface area contributed by atoms with Crippen molar-refractivity contribution in [1.29, 1.82) is 0 Å². The molecule has 0 aromatic carbocycles. The third-order valence-electron chi connectivity index (χ3n) is 2.06. The van der Waals surface area contributed by atoms with Gasteiger partial charge in [0, 0.05) is 6.92 Å². The van der Waals surface area contributed by atoms with E-state index in [0.717, 1.165) is 6.42 Å². The first-order chi connectivity index (χ1) is 6.20. The molecule has 0 aliphatic rings. The fourth-order valence-corrected chi connectivity index (χ4v) is 2.03. The van der Waals surface area contributed by atoms with Crippen LogP contribution in [0, 0.1) is 11.3 Å². The molecule has 84 valence electrons. The predicted molar refractivity (Wildman–Crippen MR) is 59.1 cm³/mol. The van der Waals surface area contributed by atoms with Gasteiger partial charge in [-0.2, -0.15) is 0 Å². The standard InChI is InChI=1S/C12H24O2/c1-9(8-12(4,5)6)7-10(2)14-11(3)13/h9-10H,7-8H2,1-6H3/t9-,10-/m1/s1. The minimum Gasteiger partial charge on any atom is -0.463 e. The lowest BCUT2D eigenvalue weighted by Crippen LogP contribution is -2.19. The molecule has 0 aliphatic carbocycles. The summed E-state index contributed by atoms with van der Waals surface area (Å²) in [4.78, 5) is 10.7. The number of hydrogen-bond acceptors (Lipinski definition) is 2. The number of carbonyl (C=O) groups excluding carboxylic acids is 1. The van der Waals surface area contributed by atoms with Crippen LogP contribution >= 0.6 is 0 Å². The summed E-state index contributed by atoms with van der Waals surface area (Å²) in [6.07, 6.45) is 2.17. The molecule has 2 nitrogen and oxygen atoms in total. The summed E-state index contributed by atoms with van der Waals surface area (Å²) in [5, 5.41) is 0. The number of ether oxygens (including phenoxy) is 1. The third-order valence-corrected chi connectivity index (χ3v) is 2.06. The van der Waals surface area contributed by atoms with Crippen LogP contribution in [-0.4, -0.2) is 12.1 Å². The SMILES string of the molecule is CC(=O)O[C@H](C)C[C@@H](C)CC(C)(C)C. The zero-order valence-corrected chi connectivity index (χ0v) is 10.4. The average Bonchev–Trinajstić information content (AvgIpc) is 1.77. The molecular weight excluding hydrogens is 176 g/mol. The van der Waals surface area contributed by atoms with Crippen molar-refractivity contribution in [3.63, 3.8) is 0 Å². The summed E-state index contributed by atoms with van der Waals surface area (Å²) in [5.41, 5.74) is 0.357. The van der Waals surface area contributed by atoms with Gasteiger partial charge in [0.05, 0.1) is 6.10 Å². The topological polar surface area (TPSA) is 26.3 Å². The van der Waals surface area contributed by atoms with E-state index in [-0.39, 0.29) is 12.1 Å². The Morgan fingerprint density at radius 3 is 2.14 bits per heavy atom. The molecule has 0 amide bonds. The molecular formula is C12H24O2. The third kappa shape index (κ3) is 8.09. The molecule has 0 saturated heterocycles. The van der Waals surface area contributed by atoms with Gasteiger partial charge in [-0.1, -0.05) is 27.7 Å². The fraction of sp³-hybridized carbons (Fsp3) is 0.917. The first-order valence-corrected chi connectivity index (χ1v) is 5.38. The summed E-state index contributed by atoms with van der Waals surface area (Å²) in [6, 6.07) is 0. The summed E-state index contributed by atoms with van der Waals surface area (Å²) >= 11 is 0. The predicted octanol–water partition coefficient (Wildman–Crippen LogP) is 3.40. The van der Waals surface area contributed by atoms with Crippen molar-refractivity contribution >= 4 is 5.97 Å². The van der Waals surface area contributed by atoms with Crippen LogP contribution in [-0.2, 0) is 9.53 Å². The van der Waals surface area contributed by atoms with Crippen LogP contribution in [0.2, 0.25) is 0 Å². The van der Waals surface area contributed by atoms with Gasteiger partial charge in [-0.15, -0.1) is 0 Å². The van der Waals surface area contributed by atoms with Gasteiger partial charge in [0.1, 0.15) is 0 Å². The molecule has 0 saturated carbocycles. The summed E-state index contributed by atoms with van der Waals surface area (Å²) in [5.74, 6) is 0.421. The highest BCUT2D eigenvalue weighted by atomic mass is 16.5. The van der Waals surface area contributed by atoms with Gasteiger partial charge in [0.15, 0.2) is 0 Å². The molecule has 2 heteroatoms. The van der Waals surface area contributed by atoms with Crippen molar-refractivity contribution in [1.82, 2.24) is 0 Å². The van der Waals surface area contributed by atoms with Crippen LogP contribution in [0.4, 0.5) is 0 Å². The Balaban J connectivity index is 3.82. The van der Waals surface area contributed by atoms with Gasteiger partial charge in [0.2, 0.25) is 0 Å². The molecule has 0 N–H and O–H groups in total. The van der Waals surface area contributed by atoms with E-state index >= 15 is 0 Å². The number of hydrogen-bond donors (Lipinski definition) is 0. The lowest BCUT2D eigenvalue weighted by Gasteiger charge is -2.25. The van der Waals surface area contributed by atoms with E-state index in [1.54, 1.807) is 0 Å². The van der Waals surface area contributed by atoms with Crippen LogP contribution in [0.3, 0.4) is 0 Å². The highest BCUT2D eigenvalue weighted by Crippen LogP contribution is 2.27. The highest BCUT2D eigenvalue weighted by molar-refractivity contribution is 5.66. The second kappa shape index (κ2) is 5.38. The maximum Gasteiger partial charge on any atom is 0.302 e. The molecule has 0 aromatic heterocycles. The molecule has 0 rings (SSSR count). The normalized spacial score (nSPS) is 16.1. The molecule has 2 atom stereocenters. The van der Waals surface area contributed by atoms with E-state index in [1.807, 2.05) is 6.92 Å². The van der Waals surface area contributed by atoms with Gasteiger partial charge in [-0.25, -0.2) is 0 Å². The number of carbonyl (C=O) groups is 1. The molecule has 0 aliphatic heterocycles. The van der Waals surface area contributed by atoms with E-state index in [9.17, 15) is 4.79 Å². The van der Waals surface area contributed by atoms with Gasteiger partial charge >= 0.3 is 5.97 Å². The molecule has 0 unspecified atom stereocenters. The van der Waals surface area contributed by atoms with E-state index in [4.69, 9.17) is 4.74 Å². The quantitative estimate of drug-likeness (QED) is 0.650. The zero-order chi connectivity index (χ0) is 11.4. The van der Waals surface area contributed by atoms with Crippen LogP contribution in [0.25, 0.3) is 0 Å². The van der Waals surface area contributed by atoms with Gasteiger partial charge in [0.25, 0.3) is 0 Å². The van der Waals surface area contributed by atoms with Crippen LogP contribution in [0.1, 0.15) is 54.4 Å². The largest absolute Gasteiger partial charge is 0.463 e. The van der Waals surface area contributed by atoms with Crippen molar-refractivity contribution in [2.24, 2.45) is 11.3 Å². The van der Waals surface area contributed by atoms with Crippen LogP contribution < -0.4 is 0 Å². The Labute approximate surface area is 88.0 Å². The molecule has 0 fully saturated rings. The van der Waals surface area contributed by atoms with Crippen LogP contribution in [0.15, 0.2) is 0 Å². The first-order valence-electron chi connectivity index (χ1n) is 5.38. The summed E-state index contributed by atoms with van der Waals surface area (Å²) in [7, 11) is 0. The van der Waals surface area contributed by atoms with Crippen molar-refractivity contribution in [2.45, 2.75) is 60.5 Å². The maximum atomic E-state index is 10.7. The van der Waals surface area contributed by atoms with E-state index in [2.05, 4.69) is 27.7 Å². The molecule has 0 radical (unpaired) electrons. The molecule has 0 bridgehead atoms. The van der Waals surface area contributed by atoms with E-state index in [1.165, 1.54) is 13.3 Å². The molecule has 0 spiro atoms. The lowest BCUT2D eigenvalue weighted by molar-refractivity contribution is -0.146. The van der Waals surface area contributed by atoms with Crippen molar-refractivity contribution < 1.29 is 9.53 Å². The monoisotopic (exact) mass is 200 g/mol. The number of rotatable bonds is 4. The van der Waals surface area contributed by atoms with Gasteiger partial charge in [-0.05, 0) is 31.1 Å². The van der Waals surface area contributed by atoms with Gasteiger partial charge in [-0.3, -0.25) is 4.79 Å². The Morgan fingerprint density at radius 1 is 1.29 bits per heavy atom. The van der Waals surface area contributed by atoms with Gasteiger partial charge < -0.3 is 4.74 Å². The minimum absolute atomic E-state index is 0.0462. The van der Waals surface area contributed by atoms with E-state index < -0.39 is 0 Å². The average molecular weight is 200 g/mol. The molecule has 14 heavy (non-hydrogen) atoms. The van der Waals surface area contributed by atoms with E-state index in [0.29, 0.717) is 11.3 Å². The number of esters is 1. The summed E-state index contributed by atoms with van der Waals surface area (Å²) in [6.45, 7) is 12.3. The second-order valence-electron chi connectivity index (χ2n) is 5.53. The maximum absolute atomic E-state index is 10.7. The fourth-order valence-electron chi connectivity index (χ4n) is 2.03. The molecule has 0 aromatic rings. The second-order valence-corrected chi connectivity index (χ2v) is 5.53. The summed E-state index contributed by atoms with van der Waals surface area (Å²) < 4.78 is 5.10. The van der Waals surface area contributed by atoms with Crippen molar-refractivity contribution in [3.8, 4) is 0 Å².